The summed E-state index contributed by atoms with van der Waals surface area (Å²) in [7, 11) is 1.82. The van der Waals surface area contributed by atoms with Gasteiger partial charge in [-0.05, 0) is 32.9 Å². The van der Waals surface area contributed by atoms with Gasteiger partial charge in [0, 0.05) is 13.6 Å². The first-order valence-corrected chi connectivity index (χ1v) is 6.25. The lowest BCUT2D eigenvalue weighted by Gasteiger charge is -2.28. The molecule has 19 heavy (non-hydrogen) atoms. The van der Waals surface area contributed by atoms with Crippen LogP contribution in [-0.4, -0.2) is 36.9 Å². The largest absolute Gasteiger partial charge is 0.462 e. The summed E-state index contributed by atoms with van der Waals surface area (Å²) in [6, 6.07) is 5.19. The molecule has 1 rings (SSSR count). The van der Waals surface area contributed by atoms with Crippen molar-refractivity contribution in [3.8, 4) is 0 Å². The number of carbonyl (C=O) groups excluding carboxylic acids is 1. The van der Waals surface area contributed by atoms with Gasteiger partial charge in [-0.15, -0.1) is 0 Å². The van der Waals surface area contributed by atoms with Crippen LogP contribution in [0, 0.1) is 0 Å². The number of nitrogens with two attached hydrogens (primary N) is 1. The zero-order chi connectivity index (χ0) is 14.6. The molecular weight excluding hydrogens is 244 g/mol. The van der Waals surface area contributed by atoms with Gasteiger partial charge in [0.15, 0.2) is 0 Å². The van der Waals surface area contributed by atoms with Crippen LogP contribution in [0.3, 0.4) is 0 Å². The molecule has 0 amide bonds. The minimum atomic E-state index is -0.846. The predicted octanol–water partition coefficient (Wildman–Crippen LogP) is 1.65. The first-order valence-electron chi connectivity index (χ1n) is 6.25. The molecule has 5 heteroatoms. The predicted molar refractivity (Wildman–Crippen MR) is 76.4 cm³/mol. The molecule has 0 bridgehead atoms. The van der Waals surface area contributed by atoms with Crippen molar-refractivity contribution in [3.05, 3.63) is 23.8 Å². The van der Waals surface area contributed by atoms with Crippen LogP contribution in [-0.2, 0) is 4.74 Å². The highest BCUT2D eigenvalue weighted by Crippen LogP contribution is 2.27. The van der Waals surface area contributed by atoms with Gasteiger partial charge in [-0.25, -0.2) is 4.79 Å². The Morgan fingerprint density at radius 1 is 1.47 bits per heavy atom. The van der Waals surface area contributed by atoms with Crippen molar-refractivity contribution in [3.63, 3.8) is 0 Å². The Morgan fingerprint density at radius 3 is 2.63 bits per heavy atom. The monoisotopic (exact) mass is 266 g/mol. The van der Waals surface area contributed by atoms with Gasteiger partial charge >= 0.3 is 5.97 Å². The topological polar surface area (TPSA) is 75.8 Å². The highest BCUT2D eigenvalue weighted by atomic mass is 16.5. The fourth-order valence-electron chi connectivity index (χ4n) is 1.94. The van der Waals surface area contributed by atoms with Crippen LogP contribution in [0.25, 0.3) is 0 Å². The van der Waals surface area contributed by atoms with Crippen molar-refractivity contribution < 1.29 is 14.6 Å². The molecule has 0 radical (unpaired) electrons. The molecule has 0 fully saturated rings. The van der Waals surface area contributed by atoms with E-state index in [4.69, 9.17) is 10.5 Å². The number of carbonyl (C=O) groups is 1. The summed E-state index contributed by atoms with van der Waals surface area (Å²) in [5.41, 5.74) is 6.58. The lowest BCUT2D eigenvalue weighted by atomic mass is 10.1. The molecule has 5 nitrogen and oxygen atoms in total. The van der Waals surface area contributed by atoms with Crippen molar-refractivity contribution in [2.75, 3.05) is 30.8 Å². The minimum absolute atomic E-state index is 0.308. The van der Waals surface area contributed by atoms with Gasteiger partial charge in [0.25, 0.3) is 0 Å². The van der Waals surface area contributed by atoms with Crippen LogP contribution in [0.1, 0.15) is 31.1 Å². The smallest absolute Gasteiger partial charge is 0.340 e. The Morgan fingerprint density at radius 2 is 2.11 bits per heavy atom. The third-order valence-electron chi connectivity index (χ3n) is 2.61. The van der Waals surface area contributed by atoms with Crippen LogP contribution in [0.15, 0.2) is 18.2 Å². The number of benzene rings is 1. The number of likely N-dealkylation sites (N-methyl/N-ethyl adjacent to an activating group) is 1. The highest BCUT2D eigenvalue weighted by Gasteiger charge is 2.20. The Labute approximate surface area is 114 Å². The number of nitrogen functional groups attached to an aromatic ring is 1. The van der Waals surface area contributed by atoms with E-state index in [0.29, 0.717) is 30.1 Å². The molecule has 0 unspecified atom stereocenters. The summed E-state index contributed by atoms with van der Waals surface area (Å²) >= 11 is 0. The maximum absolute atomic E-state index is 11.8. The van der Waals surface area contributed by atoms with Gasteiger partial charge in [0.05, 0.1) is 29.1 Å². The van der Waals surface area contributed by atoms with Gasteiger partial charge in [-0.1, -0.05) is 6.07 Å². The molecule has 0 atom stereocenters. The van der Waals surface area contributed by atoms with E-state index in [-0.39, 0.29) is 0 Å². The second-order valence-corrected chi connectivity index (χ2v) is 5.13. The van der Waals surface area contributed by atoms with E-state index >= 15 is 0 Å². The van der Waals surface area contributed by atoms with Gasteiger partial charge in [-0.2, -0.15) is 0 Å². The fraction of sp³-hybridized carbons (Fsp3) is 0.500. The molecule has 1 aromatic rings. The number of para-hydroxylation sites is 1. The number of rotatable bonds is 5. The molecule has 0 heterocycles. The third kappa shape index (κ3) is 4.13. The molecule has 1 aromatic carbocycles. The Hall–Kier alpha value is -1.75. The van der Waals surface area contributed by atoms with Gasteiger partial charge in [0.2, 0.25) is 0 Å². The normalized spacial score (nSPS) is 11.2. The maximum atomic E-state index is 11.8. The van der Waals surface area contributed by atoms with Crippen molar-refractivity contribution in [1.82, 2.24) is 0 Å². The fourth-order valence-corrected chi connectivity index (χ4v) is 1.94. The van der Waals surface area contributed by atoms with E-state index in [9.17, 15) is 9.90 Å². The molecule has 0 aliphatic carbocycles. The first kappa shape index (κ1) is 15.3. The van der Waals surface area contributed by atoms with Crippen LogP contribution in [0.4, 0.5) is 11.4 Å². The van der Waals surface area contributed by atoms with Crippen LogP contribution >= 0.6 is 0 Å². The SMILES string of the molecule is CCOC(=O)c1cccc(N(C)CC(C)(C)O)c1N. The minimum Gasteiger partial charge on any atom is -0.462 e. The standard InChI is InChI=1S/C14H22N2O3/c1-5-19-13(17)10-7-6-8-11(12(10)15)16(4)9-14(2,3)18/h6-8,18H,5,9,15H2,1-4H3. The number of hydrogen-bond donors (Lipinski definition) is 2. The summed E-state index contributed by atoms with van der Waals surface area (Å²) < 4.78 is 4.96. The van der Waals surface area contributed by atoms with Crippen LogP contribution in [0.2, 0.25) is 0 Å². The lowest BCUT2D eigenvalue weighted by Crippen LogP contribution is -2.36. The Kier molecular flexibility index (Phi) is 4.78. The van der Waals surface area contributed by atoms with E-state index in [1.807, 2.05) is 18.0 Å². The summed E-state index contributed by atoms with van der Waals surface area (Å²) in [6.07, 6.45) is 0. The van der Waals surface area contributed by atoms with E-state index in [1.54, 1.807) is 32.9 Å². The summed E-state index contributed by atoms with van der Waals surface area (Å²) in [5, 5.41) is 9.83. The third-order valence-corrected chi connectivity index (χ3v) is 2.61. The molecule has 3 N–H and O–H groups in total. The molecule has 106 valence electrons. The van der Waals surface area contributed by atoms with Crippen LogP contribution < -0.4 is 10.6 Å². The van der Waals surface area contributed by atoms with E-state index in [1.165, 1.54) is 0 Å². The Bertz CT molecular complexity index is 452. The van der Waals surface area contributed by atoms with Crippen molar-refractivity contribution in [2.45, 2.75) is 26.4 Å². The summed E-state index contributed by atoms with van der Waals surface area (Å²) in [4.78, 5) is 13.6. The molecule has 0 aliphatic rings. The second-order valence-electron chi connectivity index (χ2n) is 5.13. The van der Waals surface area contributed by atoms with Crippen molar-refractivity contribution in [1.29, 1.82) is 0 Å². The second kappa shape index (κ2) is 5.93. The summed E-state index contributed by atoms with van der Waals surface area (Å²) in [6.45, 7) is 5.90. The van der Waals surface area contributed by atoms with E-state index in [2.05, 4.69) is 0 Å². The number of hydrogen-bond acceptors (Lipinski definition) is 5. The van der Waals surface area contributed by atoms with Crippen molar-refractivity contribution in [2.24, 2.45) is 0 Å². The summed E-state index contributed by atoms with van der Waals surface area (Å²) in [5.74, 6) is -0.432. The molecule has 0 spiro atoms. The number of anilines is 2. The number of ether oxygens (including phenoxy) is 1. The molecular formula is C14H22N2O3. The van der Waals surface area contributed by atoms with Gasteiger partial charge in [0.1, 0.15) is 0 Å². The quantitative estimate of drug-likeness (QED) is 0.626. The zero-order valence-electron chi connectivity index (χ0n) is 11.9. The zero-order valence-corrected chi connectivity index (χ0v) is 11.9. The van der Waals surface area contributed by atoms with Crippen LogP contribution in [0.5, 0.6) is 0 Å². The average Bonchev–Trinajstić information content (AvgIpc) is 2.27. The first-order chi connectivity index (χ1) is 8.76. The van der Waals surface area contributed by atoms with E-state index in [0.717, 1.165) is 0 Å². The van der Waals surface area contributed by atoms with Gasteiger partial charge in [-0.3, -0.25) is 0 Å². The molecule has 0 saturated carbocycles. The van der Waals surface area contributed by atoms with Crippen molar-refractivity contribution >= 4 is 17.3 Å². The molecule has 0 aliphatic heterocycles. The molecule has 0 aromatic heterocycles. The molecule has 0 saturated heterocycles. The number of esters is 1. The number of aliphatic hydroxyl groups is 1. The maximum Gasteiger partial charge on any atom is 0.340 e. The van der Waals surface area contributed by atoms with E-state index < -0.39 is 11.6 Å². The highest BCUT2D eigenvalue weighted by molar-refractivity contribution is 5.98. The van der Waals surface area contributed by atoms with Gasteiger partial charge < -0.3 is 20.5 Å². The Balaban J connectivity index is 3.03. The number of nitrogens with zero attached hydrogens (tertiary/aromatic N) is 1. The lowest BCUT2D eigenvalue weighted by molar-refractivity contribution is 0.0527. The average molecular weight is 266 g/mol.